The Morgan fingerprint density at radius 1 is 1.23 bits per heavy atom. The highest BCUT2D eigenvalue weighted by molar-refractivity contribution is 5.77. The zero-order valence-electron chi connectivity index (χ0n) is 15.1. The second kappa shape index (κ2) is 7.48. The van der Waals surface area contributed by atoms with Crippen LogP contribution in [-0.4, -0.2) is 39.4 Å². The molecule has 0 radical (unpaired) electrons. The predicted molar refractivity (Wildman–Crippen MR) is 98.9 cm³/mol. The fourth-order valence-corrected chi connectivity index (χ4v) is 3.54. The minimum Gasteiger partial charge on any atom is -0.508 e. The van der Waals surface area contributed by atoms with Gasteiger partial charge in [0, 0.05) is 12.6 Å². The van der Waals surface area contributed by atoms with Gasteiger partial charge in [0.2, 0.25) is 5.72 Å². The number of phenols is 1. The van der Waals surface area contributed by atoms with E-state index in [2.05, 4.69) is 0 Å². The van der Waals surface area contributed by atoms with Crippen molar-refractivity contribution in [2.45, 2.75) is 44.6 Å². The highest BCUT2D eigenvalue weighted by Gasteiger charge is 2.51. The summed E-state index contributed by atoms with van der Waals surface area (Å²) in [7, 11) is 0. The smallest absolute Gasteiger partial charge is 0.351 e. The first-order chi connectivity index (χ1) is 12.4. The molecule has 1 heterocycles. The molecule has 2 aromatic carbocycles. The molecule has 0 bridgehead atoms. The van der Waals surface area contributed by atoms with Crippen LogP contribution in [0.1, 0.15) is 37.5 Å². The third-order valence-electron chi connectivity index (χ3n) is 5.17. The van der Waals surface area contributed by atoms with E-state index in [0.717, 1.165) is 24.0 Å². The summed E-state index contributed by atoms with van der Waals surface area (Å²) >= 11 is 0. The molecule has 0 amide bonds. The maximum absolute atomic E-state index is 11.9. The van der Waals surface area contributed by atoms with Crippen molar-refractivity contribution in [2.75, 3.05) is 6.54 Å². The molecule has 0 saturated carbocycles. The number of ether oxygens (including phenoxy) is 1. The summed E-state index contributed by atoms with van der Waals surface area (Å²) in [6, 6.07) is 16.9. The number of carboxylic acids is 1. The maximum Gasteiger partial charge on any atom is 0.351 e. The van der Waals surface area contributed by atoms with Crippen molar-refractivity contribution < 1.29 is 19.7 Å². The monoisotopic (exact) mass is 355 g/mol. The number of rotatable bonds is 6. The molecule has 0 aliphatic carbocycles. The van der Waals surface area contributed by atoms with Gasteiger partial charge in [0.05, 0.1) is 6.10 Å². The van der Waals surface area contributed by atoms with E-state index in [1.54, 1.807) is 19.1 Å². The van der Waals surface area contributed by atoms with Crippen LogP contribution in [-0.2, 0) is 16.0 Å². The van der Waals surface area contributed by atoms with Crippen LogP contribution in [0, 0.1) is 0 Å². The van der Waals surface area contributed by atoms with Gasteiger partial charge >= 0.3 is 5.97 Å². The first-order valence-electron chi connectivity index (χ1n) is 8.91. The van der Waals surface area contributed by atoms with Gasteiger partial charge < -0.3 is 14.9 Å². The average Bonchev–Trinajstić information content (AvgIpc) is 3.01. The van der Waals surface area contributed by atoms with E-state index in [-0.39, 0.29) is 17.9 Å². The Hall–Kier alpha value is -2.37. The molecule has 1 aliphatic heterocycles. The number of carboxylic acid groups (broad SMARTS) is 1. The lowest BCUT2D eigenvalue weighted by Crippen LogP contribution is -2.52. The van der Waals surface area contributed by atoms with Crippen molar-refractivity contribution >= 4 is 5.97 Å². The van der Waals surface area contributed by atoms with Gasteiger partial charge in [0.15, 0.2) is 0 Å². The molecule has 3 atom stereocenters. The third-order valence-corrected chi connectivity index (χ3v) is 5.17. The van der Waals surface area contributed by atoms with Gasteiger partial charge in [-0.25, -0.2) is 4.79 Å². The van der Waals surface area contributed by atoms with Crippen molar-refractivity contribution in [1.29, 1.82) is 0 Å². The van der Waals surface area contributed by atoms with Gasteiger partial charge in [-0.05, 0) is 49.9 Å². The van der Waals surface area contributed by atoms with E-state index < -0.39 is 11.7 Å². The highest BCUT2D eigenvalue weighted by atomic mass is 16.6. The van der Waals surface area contributed by atoms with Crippen molar-refractivity contribution in [3.8, 4) is 5.75 Å². The van der Waals surface area contributed by atoms with Crippen LogP contribution in [0.25, 0.3) is 0 Å². The van der Waals surface area contributed by atoms with Gasteiger partial charge in [0.25, 0.3) is 0 Å². The Labute approximate surface area is 153 Å². The van der Waals surface area contributed by atoms with E-state index in [0.29, 0.717) is 6.54 Å². The molecule has 1 fully saturated rings. The molecule has 5 heteroatoms. The molecule has 26 heavy (non-hydrogen) atoms. The van der Waals surface area contributed by atoms with Crippen molar-refractivity contribution in [1.82, 2.24) is 4.90 Å². The zero-order chi connectivity index (χ0) is 18.7. The van der Waals surface area contributed by atoms with Crippen LogP contribution in [0.4, 0.5) is 0 Å². The number of hydrogen-bond acceptors (Lipinski definition) is 4. The third kappa shape index (κ3) is 3.74. The van der Waals surface area contributed by atoms with E-state index in [1.165, 1.54) is 0 Å². The first-order valence-corrected chi connectivity index (χ1v) is 8.91. The molecule has 5 nitrogen and oxygen atoms in total. The molecule has 1 unspecified atom stereocenters. The summed E-state index contributed by atoms with van der Waals surface area (Å²) in [4.78, 5) is 13.9. The second-order valence-electron chi connectivity index (χ2n) is 7.01. The highest BCUT2D eigenvalue weighted by Crippen LogP contribution is 2.38. The maximum atomic E-state index is 11.9. The summed E-state index contributed by atoms with van der Waals surface area (Å²) in [6.07, 6.45) is 1.36. The number of aliphatic carboxylic acids is 1. The predicted octanol–water partition coefficient (Wildman–Crippen LogP) is 3.59. The van der Waals surface area contributed by atoms with Crippen molar-refractivity contribution in [3.63, 3.8) is 0 Å². The van der Waals surface area contributed by atoms with Gasteiger partial charge in [-0.15, -0.1) is 0 Å². The minimum atomic E-state index is -1.34. The molecular formula is C21H25NO4. The normalized spacial score (nSPS) is 24.5. The molecule has 0 aromatic heterocycles. The number of hydrogen-bond donors (Lipinski definition) is 2. The Bertz CT molecular complexity index is 746. The summed E-state index contributed by atoms with van der Waals surface area (Å²) in [6.45, 7) is 4.22. The van der Waals surface area contributed by atoms with E-state index in [1.807, 2.05) is 54.3 Å². The molecular weight excluding hydrogens is 330 g/mol. The van der Waals surface area contributed by atoms with Crippen LogP contribution in [0.3, 0.4) is 0 Å². The van der Waals surface area contributed by atoms with E-state index >= 15 is 0 Å². The zero-order valence-corrected chi connectivity index (χ0v) is 15.1. The molecule has 2 aromatic rings. The van der Waals surface area contributed by atoms with Crippen LogP contribution < -0.4 is 0 Å². The average molecular weight is 355 g/mol. The first kappa shape index (κ1) is 18.4. The lowest BCUT2D eigenvalue weighted by Gasteiger charge is -2.34. The lowest BCUT2D eigenvalue weighted by atomic mass is 10.0. The Kier molecular flexibility index (Phi) is 5.30. The van der Waals surface area contributed by atoms with E-state index in [4.69, 9.17) is 4.74 Å². The number of aromatic hydroxyl groups is 1. The van der Waals surface area contributed by atoms with Crippen LogP contribution in [0.2, 0.25) is 0 Å². The van der Waals surface area contributed by atoms with Gasteiger partial charge in [-0.3, -0.25) is 4.90 Å². The summed E-state index contributed by atoms with van der Waals surface area (Å²) in [5, 5.41) is 19.2. The summed E-state index contributed by atoms with van der Waals surface area (Å²) in [5.74, 6) is -0.716. The molecule has 138 valence electrons. The van der Waals surface area contributed by atoms with Crippen molar-refractivity contribution in [2.24, 2.45) is 0 Å². The molecule has 1 aliphatic rings. The SMILES string of the molecule is C[C@@H](CCc1ccc(O)cc1)N1C[C@@H](c2ccccc2)OC1(C)C(=O)O. The Balaban J connectivity index is 1.72. The Morgan fingerprint density at radius 3 is 2.50 bits per heavy atom. The quantitative estimate of drug-likeness (QED) is 0.829. The second-order valence-corrected chi connectivity index (χ2v) is 7.01. The van der Waals surface area contributed by atoms with E-state index in [9.17, 15) is 15.0 Å². The summed E-state index contributed by atoms with van der Waals surface area (Å²) in [5.41, 5.74) is 0.772. The molecule has 3 rings (SSSR count). The number of aryl methyl sites for hydroxylation is 1. The topological polar surface area (TPSA) is 70.0 Å². The lowest BCUT2D eigenvalue weighted by molar-refractivity contribution is -0.180. The van der Waals surface area contributed by atoms with Crippen molar-refractivity contribution in [3.05, 3.63) is 65.7 Å². The van der Waals surface area contributed by atoms with Gasteiger partial charge in [-0.2, -0.15) is 0 Å². The fourth-order valence-electron chi connectivity index (χ4n) is 3.54. The molecule has 2 N–H and O–H groups in total. The number of nitrogens with zero attached hydrogens (tertiary/aromatic N) is 1. The van der Waals surface area contributed by atoms with Crippen LogP contribution in [0.5, 0.6) is 5.75 Å². The fraction of sp³-hybridized carbons (Fsp3) is 0.381. The number of carbonyl (C=O) groups is 1. The van der Waals surface area contributed by atoms with Gasteiger partial charge in [-0.1, -0.05) is 42.5 Å². The summed E-state index contributed by atoms with van der Waals surface area (Å²) < 4.78 is 5.99. The minimum absolute atomic E-state index is 0.0404. The number of phenolic OH excluding ortho intramolecular Hbond substituents is 1. The standard InChI is InChI=1S/C21H25NO4/c1-15(8-9-16-10-12-18(23)13-11-16)22-14-19(17-6-4-3-5-7-17)26-21(22,2)20(24)25/h3-7,10-13,15,19,23H,8-9,14H2,1-2H3,(H,24,25)/t15-,19-,21?/m0/s1. The van der Waals surface area contributed by atoms with Crippen LogP contribution >= 0.6 is 0 Å². The Morgan fingerprint density at radius 2 is 1.88 bits per heavy atom. The largest absolute Gasteiger partial charge is 0.508 e. The molecule has 1 saturated heterocycles. The van der Waals surface area contributed by atoms with Gasteiger partial charge in [0.1, 0.15) is 5.75 Å². The van der Waals surface area contributed by atoms with Crippen LogP contribution in [0.15, 0.2) is 54.6 Å². The number of benzene rings is 2. The molecule has 0 spiro atoms.